The van der Waals surface area contributed by atoms with Crippen molar-refractivity contribution in [3.63, 3.8) is 0 Å². The molecule has 0 aliphatic carbocycles. The Hall–Kier alpha value is -2.54. The summed E-state index contributed by atoms with van der Waals surface area (Å²) in [5, 5.41) is 12.3. The molecule has 1 aromatic carbocycles. The predicted molar refractivity (Wildman–Crippen MR) is 77.7 cm³/mol. The molecule has 4 heteroatoms. The van der Waals surface area contributed by atoms with Crippen LogP contribution in [0.3, 0.4) is 0 Å². The SMILES string of the molecule is Cc1ccc(Nc2cccnc2C#N)cc1N(C)C. The van der Waals surface area contributed by atoms with Crippen molar-refractivity contribution in [2.45, 2.75) is 6.92 Å². The highest BCUT2D eigenvalue weighted by molar-refractivity contribution is 5.69. The zero-order valence-electron chi connectivity index (χ0n) is 11.3. The van der Waals surface area contributed by atoms with Gasteiger partial charge < -0.3 is 10.2 Å². The molecule has 0 saturated heterocycles. The maximum Gasteiger partial charge on any atom is 0.163 e. The van der Waals surface area contributed by atoms with Crippen LogP contribution in [0.4, 0.5) is 17.1 Å². The Morgan fingerprint density at radius 2 is 2.05 bits per heavy atom. The van der Waals surface area contributed by atoms with E-state index >= 15 is 0 Å². The van der Waals surface area contributed by atoms with Gasteiger partial charge in [-0.3, -0.25) is 0 Å². The number of rotatable bonds is 3. The Morgan fingerprint density at radius 1 is 1.26 bits per heavy atom. The molecule has 0 unspecified atom stereocenters. The number of pyridine rings is 1. The first-order valence-electron chi connectivity index (χ1n) is 6.02. The van der Waals surface area contributed by atoms with E-state index in [1.165, 1.54) is 5.56 Å². The molecule has 0 atom stereocenters. The molecular weight excluding hydrogens is 236 g/mol. The summed E-state index contributed by atoms with van der Waals surface area (Å²) in [6.07, 6.45) is 1.62. The second-order valence-corrected chi connectivity index (χ2v) is 4.53. The molecule has 0 radical (unpaired) electrons. The quantitative estimate of drug-likeness (QED) is 0.912. The highest BCUT2D eigenvalue weighted by Gasteiger charge is 2.05. The van der Waals surface area contributed by atoms with Gasteiger partial charge in [-0.1, -0.05) is 6.07 Å². The minimum absolute atomic E-state index is 0.398. The molecule has 1 aromatic heterocycles. The summed E-state index contributed by atoms with van der Waals surface area (Å²) in [6, 6.07) is 11.8. The van der Waals surface area contributed by atoms with Crippen LogP contribution in [0.5, 0.6) is 0 Å². The van der Waals surface area contributed by atoms with Crippen molar-refractivity contribution in [1.82, 2.24) is 4.98 Å². The molecule has 0 amide bonds. The number of nitrogens with zero attached hydrogens (tertiary/aromatic N) is 3. The van der Waals surface area contributed by atoms with E-state index in [9.17, 15) is 0 Å². The van der Waals surface area contributed by atoms with E-state index in [0.717, 1.165) is 17.1 Å². The van der Waals surface area contributed by atoms with E-state index in [1.54, 1.807) is 6.20 Å². The van der Waals surface area contributed by atoms with Gasteiger partial charge in [-0.2, -0.15) is 5.26 Å². The number of hydrogen-bond donors (Lipinski definition) is 1. The molecule has 19 heavy (non-hydrogen) atoms. The Labute approximate surface area is 113 Å². The van der Waals surface area contributed by atoms with Crippen molar-refractivity contribution in [2.75, 3.05) is 24.3 Å². The molecule has 0 bridgehead atoms. The molecule has 0 spiro atoms. The molecule has 0 aliphatic rings. The molecule has 2 aromatic rings. The van der Waals surface area contributed by atoms with Crippen LogP contribution in [0.1, 0.15) is 11.3 Å². The fourth-order valence-corrected chi connectivity index (χ4v) is 1.92. The van der Waals surface area contributed by atoms with Crippen molar-refractivity contribution in [1.29, 1.82) is 5.26 Å². The van der Waals surface area contributed by atoms with Crippen LogP contribution in [0, 0.1) is 18.3 Å². The molecule has 0 saturated carbocycles. The van der Waals surface area contributed by atoms with Crippen LogP contribution >= 0.6 is 0 Å². The highest BCUT2D eigenvalue weighted by atomic mass is 15.1. The van der Waals surface area contributed by atoms with Crippen molar-refractivity contribution in [3.05, 3.63) is 47.8 Å². The fourth-order valence-electron chi connectivity index (χ4n) is 1.92. The Balaban J connectivity index is 2.34. The van der Waals surface area contributed by atoms with E-state index in [2.05, 4.69) is 40.3 Å². The minimum atomic E-state index is 0.398. The lowest BCUT2D eigenvalue weighted by Gasteiger charge is -2.17. The largest absolute Gasteiger partial charge is 0.377 e. The molecule has 4 nitrogen and oxygen atoms in total. The summed E-state index contributed by atoms with van der Waals surface area (Å²) in [5.74, 6) is 0. The summed E-state index contributed by atoms with van der Waals surface area (Å²) < 4.78 is 0. The summed E-state index contributed by atoms with van der Waals surface area (Å²) in [4.78, 5) is 6.10. The number of anilines is 3. The van der Waals surface area contributed by atoms with Crippen LogP contribution in [-0.2, 0) is 0 Å². The lowest BCUT2D eigenvalue weighted by Crippen LogP contribution is -2.10. The molecule has 1 N–H and O–H groups in total. The summed E-state index contributed by atoms with van der Waals surface area (Å²) >= 11 is 0. The first-order valence-corrected chi connectivity index (χ1v) is 6.02. The Bertz CT molecular complexity index is 626. The third-order valence-corrected chi connectivity index (χ3v) is 2.88. The molecular formula is C15H16N4. The second-order valence-electron chi connectivity index (χ2n) is 4.53. The molecule has 0 aliphatic heterocycles. The third kappa shape index (κ3) is 2.83. The number of aryl methyl sites for hydroxylation is 1. The van der Waals surface area contributed by atoms with Crippen LogP contribution in [0.2, 0.25) is 0 Å². The fraction of sp³-hybridized carbons (Fsp3) is 0.200. The molecule has 0 fully saturated rings. The van der Waals surface area contributed by atoms with E-state index in [0.29, 0.717) is 5.69 Å². The molecule has 2 rings (SSSR count). The summed E-state index contributed by atoms with van der Waals surface area (Å²) in [5.41, 5.74) is 4.42. The van der Waals surface area contributed by atoms with Crippen molar-refractivity contribution in [2.24, 2.45) is 0 Å². The average molecular weight is 252 g/mol. The van der Waals surface area contributed by atoms with Gasteiger partial charge in [0.05, 0.1) is 5.69 Å². The van der Waals surface area contributed by atoms with Gasteiger partial charge in [-0.05, 0) is 36.8 Å². The predicted octanol–water partition coefficient (Wildman–Crippen LogP) is 3.07. The van der Waals surface area contributed by atoms with Gasteiger partial charge in [0.15, 0.2) is 5.69 Å². The van der Waals surface area contributed by atoms with Crippen molar-refractivity contribution >= 4 is 17.1 Å². The third-order valence-electron chi connectivity index (χ3n) is 2.88. The first-order chi connectivity index (χ1) is 9.11. The zero-order chi connectivity index (χ0) is 13.8. The van der Waals surface area contributed by atoms with Gasteiger partial charge in [0, 0.05) is 31.7 Å². The van der Waals surface area contributed by atoms with Gasteiger partial charge in [-0.25, -0.2) is 4.98 Å². The zero-order valence-corrected chi connectivity index (χ0v) is 11.3. The van der Waals surface area contributed by atoms with Crippen LogP contribution in [0.15, 0.2) is 36.5 Å². The second kappa shape index (κ2) is 5.40. The number of benzene rings is 1. The molecule has 1 heterocycles. The molecule has 96 valence electrons. The highest BCUT2D eigenvalue weighted by Crippen LogP contribution is 2.25. The minimum Gasteiger partial charge on any atom is -0.377 e. The number of aromatic nitrogens is 1. The Morgan fingerprint density at radius 3 is 2.74 bits per heavy atom. The summed E-state index contributed by atoms with van der Waals surface area (Å²) in [7, 11) is 4.02. The first kappa shape index (κ1) is 12.9. The van der Waals surface area contributed by atoms with E-state index in [4.69, 9.17) is 5.26 Å². The number of nitrogens with one attached hydrogen (secondary N) is 1. The topological polar surface area (TPSA) is 52.0 Å². The smallest absolute Gasteiger partial charge is 0.163 e. The van der Waals surface area contributed by atoms with Crippen molar-refractivity contribution in [3.8, 4) is 6.07 Å². The van der Waals surface area contributed by atoms with Crippen molar-refractivity contribution < 1.29 is 0 Å². The number of hydrogen-bond acceptors (Lipinski definition) is 4. The number of nitriles is 1. The maximum absolute atomic E-state index is 9.02. The van der Waals surface area contributed by atoms with Gasteiger partial charge in [0.1, 0.15) is 6.07 Å². The van der Waals surface area contributed by atoms with Gasteiger partial charge in [0.25, 0.3) is 0 Å². The summed E-state index contributed by atoms with van der Waals surface area (Å²) in [6.45, 7) is 2.07. The van der Waals surface area contributed by atoms with Crippen LogP contribution in [0.25, 0.3) is 0 Å². The standard InChI is InChI=1S/C15H16N4/c1-11-6-7-12(9-15(11)19(2)3)18-13-5-4-8-17-14(13)10-16/h4-9,18H,1-3H3. The lowest BCUT2D eigenvalue weighted by atomic mass is 10.1. The van der Waals surface area contributed by atoms with Gasteiger partial charge >= 0.3 is 0 Å². The van der Waals surface area contributed by atoms with E-state index in [-0.39, 0.29) is 0 Å². The maximum atomic E-state index is 9.02. The average Bonchev–Trinajstić information content (AvgIpc) is 2.41. The Kier molecular flexibility index (Phi) is 3.67. The van der Waals surface area contributed by atoms with Crippen LogP contribution in [-0.4, -0.2) is 19.1 Å². The van der Waals surface area contributed by atoms with E-state index < -0.39 is 0 Å². The van der Waals surface area contributed by atoms with E-state index in [1.807, 2.05) is 32.3 Å². The van der Waals surface area contributed by atoms with Crippen LogP contribution < -0.4 is 10.2 Å². The van der Waals surface area contributed by atoms with Gasteiger partial charge in [0.2, 0.25) is 0 Å². The lowest BCUT2D eigenvalue weighted by molar-refractivity contribution is 1.11. The monoisotopic (exact) mass is 252 g/mol. The normalized spacial score (nSPS) is 9.79. The van der Waals surface area contributed by atoms with Gasteiger partial charge in [-0.15, -0.1) is 0 Å².